The van der Waals surface area contributed by atoms with E-state index in [-0.39, 0.29) is 11.2 Å². The second-order valence-electron chi connectivity index (χ2n) is 6.63. The number of rotatable bonds is 3. The third-order valence-electron chi connectivity index (χ3n) is 3.36. The Morgan fingerprint density at radius 1 is 1.20 bits per heavy atom. The summed E-state index contributed by atoms with van der Waals surface area (Å²) in [6.45, 7) is 12.8. The van der Waals surface area contributed by atoms with Gasteiger partial charge in [0.25, 0.3) is 0 Å². The van der Waals surface area contributed by atoms with E-state index in [1.54, 1.807) is 0 Å². The first-order chi connectivity index (χ1) is 9.22. The smallest absolute Gasteiger partial charge is 0.144 e. The Hall–Kier alpha value is -1.42. The van der Waals surface area contributed by atoms with E-state index in [1.807, 2.05) is 19.1 Å². The van der Waals surface area contributed by atoms with Gasteiger partial charge in [-0.1, -0.05) is 0 Å². The SMILES string of the molecule is CCOc1cc(N2CC(C)(C)OC(C)(C)C2)ccc1N. The van der Waals surface area contributed by atoms with Gasteiger partial charge >= 0.3 is 0 Å². The number of ether oxygens (including phenoxy) is 2. The summed E-state index contributed by atoms with van der Waals surface area (Å²) in [5.74, 6) is 0.757. The maximum Gasteiger partial charge on any atom is 0.144 e. The van der Waals surface area contributed by atoms with Gasteiger partial charge in [0.15, 0.2) is 0 Å². The third kappa shape index (κ3) is 3.37. The zero-order chi connectivity index (χ0) is 15.0. The molecular weight excluding hydrogens is 252 g/mol. The van der Waals surface area contributed by atoms with Crippen LogP contribution in [-0.4, -0.2) is 30.9 Å². The van der Waals surface area contributed by atoms with Crippen LogP contribution in [0.1, 0.15) is 34.6 Å². The van der Waals surface area contributed by atoms with Crippen molar-refractivity contribution in [2.45, 2.75) is 45.8 Å². The molecule has 0 saturated carbocycles. The summed E-state index contributed by atoms with van der Waals surface area (Å²) in [5.41, 5.74) is 7.41. The molecule has 0 spiro atoms. The summed E-state index contributed by atoms with van der Waals surface area (Å²) >= 11 is 0. The first kappa shape index (κ1) is 15.0. The fourth-order valence-corrected chi connectivity index (χ4v) is 2.97. The Balaban J connectivity index is 2.28. The Morgan fingerprint density at radius 2 is 1.80 bits per heavy atom. The standard InChI is InChI=1S/C16H26N2O2/c1-6-19-14-9-12(7-8-13(14)17)18-10-15(2,3)20-16(4,5)11-18/h7-9H,6,10-11,17H2,1-5H3. The zero-order valence-corrected chi connectivity index (χ0v) is 13.2. The Bertz CT molecular complexity index is 467. The lowest BCUT2D eigenvalue weighted by Crippen LogP contribution is -2.57. The number of benzene rings is 1. The molecule has 112 valence electrons. The van der Waals surface area contributed by atoms with Crippen LogP contribution in [0.15, 0.2) is 18.2 Å². The van der Waals surface area contributed by atoms with E-state index >= 15 is 0 Å². The molecule has 4 nitrogen and oxygen atoms in total. The van der Waals surface area contributed by atoms with Crippen LogP contribution in [0.2, 0.25) is 0 Å². The minimum atomic E-state index is -0.172. The highest BCUT2D eigenvalue weighted by molar-refractivity contribution is 5.62. The Labute approximate surface area is 121 Å². The van der Waals surface area contributed by atoms with Gasteiger partial charge in [-0.05, 0) is 46.8 Å². The number of morpholine rings is 1. The number of nitrogens with zero attached hydrogens (tertiary/aromatic N) is 1. The van der Waals surface area contributed by atoms with E-state index in [0.717, 1.165) is 24.5 Å². The van der Waals surface area contributed by atoms with Crippen molar-refractivity contribution in [3.8, 4) is 5.75 Å². The fraction of sp³-hybridized carbons (Fsp3) is 0.625. The zero-order valence-electron chi connectivity index (χ0n) is 13.2. The minimum Gasteiger partial charge on any atom is -0.492 e. The molecule has 1 aliphatic heterocycles. The quantitative estimate of drug-likeness (QED) is 0.863. The molecule has 1 heterocycles. The molecule has 1 aromatic rings. The van der Waals surface area contributed by atoms with Crippen molar-refractivity contribution in [3.05, 3.63) is 18.2 Å². The summed E-state index contributed by atoms with van der Waals surface area (Å²) in [6, 6.07) is 5.99. The van der Waals surface area contributed by atoms with Crippen LogP contribution in [-0.2, 0) is 4.74 Å². The van der Waals surface area contributed by atoms with Gasteiger partial charge < -0.3 is 20.1 Å². The van der Waals surface area contributed by atoms with E-state index in [2.05, 4.69) is 38.7 Å². The summed E-state index contributed by atoms with van der Waals surface area (Å²) in [7, 11) is 0. The van der Waals surface area contributed by atoms with Crippen molar-refractivity contribution in [2.75, 3.05) is 30.3 Å². The monoisotopic (exact) mass is 278 g/mol. The molecule has 0 radical (unpaired) electrons. The van der Waals surface area contributed by atoms with Crippen molar-refractivity contribution in [1.29, 1.82) is 0 Å². The molecule has 1 fully saturated rings. The highest BCUT2D eigenvalue weighted by atomic mass is 16.5. The first-order valence-electron chi connectivity index (χ1n) is 7.20. The summed E-state index contributed by atoms with van der Waals surface area (Å²) in [5, 5.41) is 0. The Kier molecular flexibility index (Phi) is 3.87. The van der Waals surface area contributed by atoms with Crippen LogP contribution in [0.25, 0.3) is 0 Å². The number of hydrogen-bond donors (Lipinski definition) is 1. The van der Waals surface area contributed by atoms with E-state index in [0.29, 0.717) is 12.3 Å². The van der Waals surface area contributed by atoms with Gasteiger partial charge in [-0.25, -0.2) is 0 Å². The lowest BCUT2D eigenvalue weighted by Gasteiger charge is -2.48. The molecular formula is C16H26N2O2. The molecule has 20 heavy (non-hydrogen) atoms. The molecule has 2 rings (SSSR count). The van der Waals surface area contributed by atoms with Crippen LogP contribution in [0.3, 0.4) is 0 Å². The Morgan fingerprint density at radius 3 is 2.35 bits per heavy atom. The highest BCUT2D eigenvalue weighted by Crippen LogP contribution is 2.34. The maximum atomic E-state index is 6.12. The molecule has 0 unspecified atom stereocenters. The molecule has 1 saturated heterocycles. The molecule has 0 atom stereocenters. The predicted octanol–water partition coefficient (Wildman–Crippen LogP) is 3.06. The maximum absolute atomic E-state index is 6.12. The number of hydrogen-bond acceptors (Lipinski definition) is 4. The van der Waals surface area contributed by atoms with Crippen molar-refractivity contribution < 1.29 is 9.47 Å². The van der Waals surface area contributed by atoms with Gasteiger partial charge in [-0.2, -0.15) is 0 Å². The molecule has 0 aliphatic carbocycles. The molecule has 1 aliphatic rings. The second kappa shape index (κ2) is 5.17. The van der Waals surface area contributed by atoms with Gasteiger partial charge in [-0.3, -0.25) is 0 Å². The van der Waals surface area contributed by atoms with Gasteiger partial charge in [0, 0.05) is 24.8 Å². The third-order valence-corrected chi connectivity index (χ3v) is 3.36. The van der Waals surface area contributed by atoms with Gasteiger partial charge in [0.05, 0.1) is 23.5 Å². The molecule has 1 aromatic carbocycles. The fourth-order valence-electron chi connectivity index (χ4n) is 2.97. The van der Waals surface area contributed by atoms with E-state index in [9.17, 15) is 0 Å². The van der Waals surface area contributed by atoms with Crippen molar-refractivity contribution in [3.63, 3.8) is 0 Å². The van der Waals surface area contributed by atoms with E-state index in [4.69, 9.17) is 15.2 Å². The number of nitrogens with two attached hydrogens (primary N) is 1. The molecule has 2 N–H and O–H groups in total. The predicted molar refractivity (Wildman–Crippen MR) is 83.5 cm³/mol. The van der Waals surface area contributed by atoms with Crippen LogP contribution in [0.5, 0.6) is 5.75 Å². The van der Waals surface area contributed by atoms with Crippen molar-refractivity contribution in [1.82, 2.24) is 0 Å². The van der Waals surface area contributed by atoms with Crippen LogP contribution in [0.4, 0.5) is 11.4 Å². The topological polar surface area (TPSA) is 47.7 Å². The lowest BCUT2D eigenvalue weighted by atomic mass is 9.98. The molecule has 0 aromatic heterocycles. The average molecular weight is 278 g/mol. The molecule has 0 amide bonds. The van der Waals surface area contributed by atoms with Gasteiger partial charge in [0.1, 0.15) is 5.75 Å². The van der Waals surface area contributed by atoms with Gasteiger partial charge in [0.2, 0.25) is 0 Å². The van der Waals surface area contributed by atoms with Crippen LogP contribution in [0, 0.1) is 0 Å². The van der Waals surface area contributed by atoms with Crippen LogP contribution < -0.4 is 15.4 Å². The molecule has 0 bridgehead atoms. The highest BCUT2D eigenvalue weighted by Gasteiger charge is 2.38. The summed E-state index contributed by atoms with van der Waals surface area (Å²) < 4.78 is 11.7. The van der Waals surface area contributed by atoms with E-state index in [1.165, 1.54) is 0 Å². The van der Waals surface area contributed by atoms with E-state index < -0.39 is 0 Å². The molecule has 4 heteroatoms. The minimum absolute atomic E-state index is 0.172. The average Bonchev–Trinajstić information content (AvgIpc) is 2.28. The van der Waals surface area contributed by atoms with Crippen LogP contribution >= 0.6 is 0 Å². The summed E-state index contributed by atoms with van der Waals surface area (Å²) in [6.07, 6.45) is 0. The number of anilines is 2. The second-order valence-corrected chi connectivity index (χ2v) is 6.63. The normalized spacial score (nSPS) is 20.8. The first-order valence-corrected chi connectivity index (χ1v) is 7.20. The summed E-state index contributed by atoms with van der Waals surface area (Å²) in [4.78, 5) is 2.34. The van der Waals surface area contributed by atoms with Gasteiger partial charge in [-0.15, -0.1) is 0 Å². The van der Waals surface area contributed by atoms with Crippen molar-refractivity contribution in [2.24, 2.45) is 0 Å². The largest absolute Gasteiger partial charge is 0.492 e. The van der Waals surface area contributed by atoms with Crippen molar-refractivity contribution >= 4 is 11.4 Å². The number of nitrogen functional groups attached to an aromatic ring is 1. The lowest BCUT2D eigenvalue weighted by molar-refractivity contribution is -0.133.